The summed E-state index contributed by atoms with van der Waals surface area (Å²) in [5.41, 5.74) is 0.761. The second kappa shape index (κ2) is 4.12. The number of hydrogen-bond acceptors (Lipinski definition) is 5. The van der Waals surface area contributed by atoms with Crippen LogP contribution in [-0.4, -0.2) is 38.9 Å². The highest BCUT2D eigenvalue weighted by atomic mass is 35.5. The number of aromatic nitrogens is 4. The van der Waals surface area contributed by atoms with Crippen LogP contribution in [-0.2, 0) is 4.74 Å². The molecule has 0 aliphatic carbocycles. The van der Waals surface area contributed by atoms with Gasteiger partial charge in [-0.25, -0.2) is 0 Å². The van der Waals surface area contributed by atoms with Crippen molar-refractivity contribution in [3.63, 3.8) is 0 Å². The van der Waals surface area contributed by atoms with Crippen molar-refractivity contribution in [1.82, 2.24) is 19.6 Å². The zero-order chi connectivity index (χ0) is 11.8. The zero-order valence-electron chi connectivity index (χ0n) is 9.26. The minimum absolute atomic E-state index is 0.0413. The van der Waals surface area contributed by atoms with Gasteiger partial charge in [-0.3, -0.25) is 0 Å². The number of halogens is 1. The standard InChI is InChI=1S/C10H11ClN4O2/c1-6-8(11)14-10-12-5-13-15(10)9(6)17-7-2-3-16-4-7/h5,7H,2-4H2,1H3. The molecule has 0 saturated carbocycles. The summed E-state index contributed by atoms with van der Waals surface area (Å²) in [6.45, 7) is 3.17. The molecule has 1 aliphatic heterocycles. The molecular formula is C10H11ClN4O2. The zero-order valence-corrected chi connectivity index (χ0v) is 10.0. The van der Waals surface area contributed by atoms with E-state index < -0.39 is 0 Å². The van der Waals surface area contributed by atoms with Crippen molar-refractivity contribution in [2.24, 2.45) is 0 Å². The van der Waals surface area contributed by atoms with Crippen LogP contribution in [0, 0.1) is 6.92 Å². The number of rotatable bonds is 2. The van der Waals surface area contributed by atoms with Crippen LogP contribution in [0.15, 0.2) is 6.33 Å². The summed E-state index contributed by atoms with van der Waals surface area (Å²) in [6.07, 6.45) is 2.34. The van der Waals surface area contributed by atoms with Gasteiger partial charge in [0.05, 0.1) is 13.2 Å². The van der Waals surface area contributed by atoms with E-state index in [1.54, 1.807) is 4.52 Å². The largest absolute Gasteiger partial charge is 0.471 e. The van der Waals surface area contributed by atoms with Crippen molar-refractivity contribution in [2.75, 3.05) is 13.2 Å². The van der Waals surface area contributed by atoms with Crippen LogP contribution in [0.3, 0.4) is 0 Å². The molecule has 7 heteroatoms. The van der Waals surface area contributed by atoms with Crippen molar-refractivity contribution < 1.29 is 9.47 Å². The predicted octanol–water partition coefficient (Wildman–Crippen LogP) is 1.25. The number of nitrogens with zero attached hydrogens (tertiary/aromatic N) is 4. The van der Waals surface area contributed by atoms with Gasteiger partial charge in [-0.15, -0.1) is 0 Å². The van der Waals surface area contributed by atoms with Crippen LogP contribution >= 0.6 is 11.6 Å². The van der Waals surface area contributed by atoms with Gasteiger partial charge in [0.2, 0.25) is 5.88 Å². The molecule has 1 aliphatic rings. The van der Waals surface area contributed by atoms with Gasteiger partial charge in [0.25, 0.3) is 5.78 Å². The molecule has 90 valence electrons. The lowest BCUT2D eigenvalue weighted by Gasteiger charge is -2.14. The van der Waals surface area contributed by atoms with Gasteiger partial charge in [-0.05, 0) is 6.92 Å². The van der Waals surface area contributed by atoms with E-state index in [9.17, 15) is 0 Å². The third kappa shape index (κ3) is 1.83. The normalized spacial score (nSPS) is 20.0. The third-order valence-electron chi connectivity index (χ3n) is 2.72. The van der Waals surface area contributed by atoms with Crippen molar-refractivity contribution in [3.8, 4) is 5.88 Å². The van der Waals surface area contributed by atoms with E-state index in [-0.39, 0.29) is 6.10 Å². The van der Waals surface area contributed by atoms with Crippen LogP contribution in [0.5, 0.6) is 5.88 Å². The Morgan fingerprint density at radius 2 is 2.47 bits per heavy atom. The van der Waals surface area contributed by atoms with Crippen LogP contribution in [0.4, 0.5) is 0 Å². The van der Waals surface area contributed by atoms with E-state index in [4.69, 9.17) is 21.1 Å². The Morgan fingerprint density at radius 3 is 3.24 bits per heavy atom. The van der Waals surface area contributed by atoms with Crippen LogP contribution in [0.2, 0.25) is 5.15 Å². The highest BCUT2D eigenvalue weighted by Gasteiger charge is 2.21. The molecule has 0 bridgehead atoms. The van der Waals surface area contributed by atoms with Gasteiger partial charge in [0.1, 0.15) is 17.6 Å². The Labute approximate surface area is 103 Å². The van der Waals surface area contributed by atoms with Gasteiger partial charge in [0.15, 0.2) is 0 Å². The van der Waals surface area contributed by atoms with Gasteiger partial charge in [-0.2, -0.15) is 19.6 Å². The van der Waals surface area contributed by atoms with Gasteiger partial charge >= 0.3 is 0 Å². The molecule has 1 unspecified atom stereocenters. The lowest BCUT2D eigenvalue weighted by molar-refractivity contribution is 0.135. The lowest BCUT2D eigenvalue weighted by atomic mass is 10.3. The van der Waals surface area contributed by atoms with Crippen LogP contribution in [0.1, 0.15) is 12.0 Å². The summed E-state index contributed by atoms with van der Waals surface area (Å²) in [6, 6.07) is 0. The van der Waals surface area contributed by atoms with E-state index in [1.807, 2.05) is 6.92 Å². The topological polar surface area (TPSA) is 61.5 Å². The molecular weight excluding hydrogens is 244 g/mol. The maximum absolute atomic E-state index is 6.03. The number of hydrogen-bond donors (Lipinski definition) is 0. The first kappa shape index (κ1) is 10.7. The maximum atomic E-state index is 6.03. The molecule has 3 rings (SSSR count). The summed E-state index contributed by atoms with van der Waals surface area (Å²) in [4.78, 5) is 8.11. The fourth-order valence-electron chi connectivity index (χ4n) is 1.78. The van der Waals surface area contributed by atoms with Crippen LogP contribution in [0.25, 0.3) is 5.78 Å². The molecule has 0 amide bonds. The third-order valence-corrected chi connectivity index (χ3v) is 3.08. The second-order valence-corrected chi connectivity index (χ2v) is 4.27. The molecule has 2 aromatic heterocycles. The molecule has 17 heavy (non-hydrogen) atoms. The Hall–Kier alpha value is -1.40. The van der Waals surface area contributed by atoms with Gasteiger partial charge < -0.3 is 9.47 Å². The minimum Gasteiger partial charge on any atom is -0.471 e. The fraction of sp³-hybridized carbons (Fsp3) is 0.500. The first-order valence-corrected chi connectivity index (χ1v) is 5.74. The Balaban J connectivity index is 2.05. The highest BCUT2D eigenvalue weighted by molar-refractivity contribution is 6.30. The molecule has 6 nitrogen and oxygen atoms in total. The average Bonchev–Trinajstić information content (AvgIpc) is 2.94. The predicted molar refractivity (Wildman–Crippen MR) is 60.4 cm³/mol. The number of fused-ring (bicyclic) bond motifs is 1. The SMILES string of the molecule is Cc1c(Cl)nc2ncnn2c1OC1CCOC1. The molecule has 1 fully saturated rings. The molecule has 0 radical (unpaired) electrons. The molecule has 0 N–H and O–H groups in total. The molecule has 2 aromatic rings. The number of ether oxygens (including phenoxy) is 2. The van der Waals surface area contributed by atoms with Gasteiger partial charge in [-0.1, -0.05) is 11.6 Å². The van der Waals surface area contributed by atoms with Crippen molar-refractivity contribution in [3.05, 3.63) is 17.0 Å². The highest BCUT2D eigenvalue weighted by Crippen LogP contribution is 2.26. The monoisotopic (exact) mass is 254 g/mol. The van der Waals surface area contributed by atoms with E-state index in [1.165, 1.54) is 6.33 Å². The summed E-state index contributed by atoms with van der Waals surface area (Å²) >= 11 is 6.03. The van der Waals surface area contributed by atoms with Gasteiger partial charge in [0, 0.05) is 12.0 Å². The molecule has 0 aromatic carbocycles. The van der Waals surface area contributed by atoms with Crippen molar-refractivity contribution in [2.45, 2.75) is 19.4 Å². The Bertz CT molecular complexity index is 550. The fourth-order valence-corrected chi connectivity index (χ4v) is 1.93. The summed E-state index contributed by atoms with van der Waals surface area (Å²) in [7, 11) is 0. The molecule has 1 atom stereocenters. The molecule has 1 saturated heterocycles. The van der Waals surface area contributed by atoms with Crippen molar-refractivity contribution >= 4 is 17.4 Å². The Kier molecular flexibility index (Phi) is 2.60. The average molecular weight is 255 g/mol. The van der Waals surface area contributed by atoms with Crippen LogP contribution < -0.4 is 4.74 Å². The van der Waals surface area contributed by atoms with E-state index in [0.717, 1.165) is 18.6 Å². The minimum atomic E-state index is 0.0413. The summed E-state index contributed by atoms with van der Waals surface area (Å²) in [5.74, 6) is 1.03. The molecule has 3 heterocycles. The van der Waals surface area contributed by atoms with E-state index >= 15 is 0 Å². The van der Waals surface area contributed by atoms with E-state index in [0.29, 0.717) is 23.4 Å². The lowest BCUT2D eigenvalue weighted by Crippen LogP contribution is -2.19. The first-order valence-electron chi connectivity index (χ1n) is 5.36. The van der Waals surface area contributed by atoms with E-state index in [2.05, 4.69) is 15.1 Å². The quantitative estimate of drug-likeness (QED) is 0.755. The Morgan fingerprint density at radius 1 is 1.59 bits per heavy atom. The second-order valence-electron chi connectivity index (χ2n) is 3.91. The summed E-state index contributed by atoms with van der Waals surface area (Å²) in [5, 5.41) is 4.47. The first-order chi connectivity index (χ1) is 8.25. The summed E-state index contributed by atoms with van der Waals surface area (Å²) < 4.78 is 12.7. The van der Waals surface area contributed by atoms with Crippen molar-refractivity contribution in [1.29, 1.82) is 0 Å². The maximum Gasteiger partial charge on any atom is 0.256 e. The smallest absolute Gasteiger partial charge is 0.256 e. The molecule has 0 spiro atoms.